The molecule has 0 bridgehead atoms. The Labute approximate surface area is 189 Å². The number of anilines is 1. The van der Waals surface area contributed by atoms with E-state index in [4.69, 9.17) is 18.6 Å². The van der Waals surface area contributed by atoms with Crippen LogP contribution in [-0.2, 0) is 15.3 Å². The number of furan rings is 1. The maximum atomic E-state index is 13.5. The summed E-state index contributed by atoms with van der Waals surface area (Å²) in [5, 5.41) is 0. The van der Waals surface area contributed by atoms with Crippen LogP contribution in [0.5, 0.6) is 17.2 Å². The van der Waals surface area contributed by atoms with Gasteiger partial charge in [0.05, 0.1) is 49.5 Å². The van der Waals surface area contributed by atoms with Crippen molar-refractivity contribution in [2.24, 2.45) is 0 Å². The molecule has 0 aliphatic carbocycles. The van der Waals surface area contributed by atoms with Gasteiger partial charge in [0.1, 0.15) is 23.0 Å². The van der Waals surface area contributed by atoms with Crippen LogP contribution in [0.1, 0.15) is 11.3 Å². The normalized spacial score (nSPS) is 13.7. The predicted molar refractivity (Wildman–Crippen MR) is 122 cm³/mol. The standard InChI is InChI=1S/C24H21NO6S/c1-28-17-8-6-15(7-9-17)21-22(32-14-18-5-4-10-31-18)24(27)25(23(21)26)16-11-19(29-2)13-20(12-16)30-3/h4-13H,14H2,1-3H3. The van der Waals surface area contributed by atoms with E-state index in [1.165, 1.54) is 26.0 Å². The lowest BCUT2D eigenvalue weighted by atomic mass is 10.1. The van der Waals surface area contributed by atoms with Crippen molar-refractivity contribution in [2.75, 3.05) is 26.2 Å². The topological polar surface area (TPSA) is 78.2 Å². The zero-order chi connectivity index (χ0) is 22.7. The molecule has 1 aliphatic heterocycles. The van der Waals surface area contributed by atoms with Gasteiger partial charge < -0.3 is 18.6 Å². The van der Waals surface area contributed by atoms with E-state index in [0.29, 0.717) is 50.5 Å². The van der Waals surface area contributed by atoms with Gasteiger partial charge >= 0.3 is 0 Å². The number of amides is 2. The van der Waals surface area contributed by atoms with Gasteiger partial charge in [0.25, 0.3) is 11.8 Å². The molecule has 0 radical (unpaired) electrons. The number of carbonyl (C=O) groups is 2. The summed E-state index contributed by atoms with van der Waals surface area (Å²) in [6, 6.07) is 15.6. The summed E-state index contributed by atoms with van der Waals surface area (Å²) in [5.74, 6) is 1.90. The van der Waals surface area contributed by atoms with Gasteiger partial charge in [-0.05, 0) is 29.8 Å². The van der Waals surface area contributed by atoms with E-state index < -0.39 is 11.8 Å². The smallest absolute Gasteiger partial charge is 0.272 e. The summed E-state index contributed by atoms with van der Waals surface area (Å²) < 4.78 is 21.2. The van der Waals surface area contributed by atoms with E-state index in [-0.39, 0.29) is 0 Å². The van der Waals surface area contributed by atoms with E-state index in [1.807, 2.05) is 6.07 Å². The Hall–Kier alpha value is -3.65. The molecule has 164 valence electrons. The van der Waals surface area contributed by atoms with Crippen LogP contribution in [0.3, 0.4) is 0 Å². The lowest BCUT2D eigenvalue weighted by molar-refractivity contribution is -0.119. The van der Waals surface area contributed by atoms with Crippen molar-refractivity contribution in [2.45, 2.75) is 5.75 Å². The predicted octanol–water partition coefficient (Wildman–Crippen LogP) is 4.52. The summed E-state index contributed by atoms with van der Waals surface area (Å²) in [4.78, 5) is 28.5. The molecule has 0 spiro atoms. The molecule has 7 nitrogen and oxygen atoms in total. The molecular weight excluding hydrogens is 430 g/mol. The SMILES string of the molecule is COc1ccc(C2=C(SCc3ccco3)C(=O)N(c3cc(OC)cc(OC)c3)C2=O)cc1. The first kappa shape index (κ1) is 21.6. The molecule has 0 N–H and O–H groups in total. The summed E-state index contributed by atoms with van der Waals surface area (Å²) >= 11 is 1.26. The molecule has 0 atom stereocenters. The Morgan fingerprint density at radius 2 is 1.50 bits per heavy atom. The molecular formula is C24H21NO6S. The fourth-order valence-electron chi connectivity index (χ4n) is 3.35. The monoisotopic (exact) mass is 451 g/mol. The van der Waals surface area contributed by atoms with Gasteiger partial charge in [-0.1, -0.05) is 12.1 Å². The Morgan fingerprint density at radius 3 is 2.06 bits per heavy atom. The van der Waals surface area contributed by atoms with Crippen LogP contribution in [0.15, 0.2) is 70.2 Å². The van der Waals surface area contributed by atoms with Crippen LogP contribution in [0.2, 0.25) is 0 Å². The second-order valence-electron chi connectivity index (χ2n) is 6.82. The van der Waals surface area contributed by atoms with Gasteiger partial charge in [-0.15, -0.1) is 11.8 Å². The number of ether oxygens (including phenoxy) is 3. The van der Waals surface area contributed by atoms with Gasteiger partial charge in [0, 0.05) is 18.2 Å². The minimum atomic E-state index is -0.419. The highest BCUT2D eigenvalue weighted by Crippen LogP contribution is 2.41. The number of benzene rings is 2. The number of methoxy groups -OCH3 is 3. The molecule has 0 fully saturated rings. The van der Waals surface area contributed by atoms with Crippen molar-refractivity contribution in [1.29, 1.82) is 0 Å². The first-order valence-corrected chi connectivity index (χ1v) is 10.7. The molecule has 2 aromatic carbocycles. The van der Waals surface area contributed by atoms with E-state index in [0.717, 1.165) is 4.90 Å². The summed E-state index contributed by atoms with van der Waals surface area (Å²) in [7, 11) is 4.59. The average molecular weight is 452 g/mol. The van der Waals surface area contributed by atoms with E-state index in [9.17, 15) is 9.59 Å². The Balaban J connectivity index is 1.76. The second kappa shape index (κ2) is 9.23. The molecule has 2 heterocycles. The van der Waals surface area contributed by atoms with Gasteiger partial charge in [-0.25, -0.2) is 4.90 Å². The van der Waals surface area contributed by atoms with Crippen LogP contribution in [-0.4, -0.2) is 33.1 Å². The number of imide groups is 1. The zero-order valence-corrected chi connectivity index (χ0v) is 18.6. The molecule has 3 aromatic rings. The molecule has 8 heteroatoms. The van der Waals surface area contributed by atoms with E-state index >= 15 is 0 Å². The Morgan fingerprint density at radius 1 is 0.844 bits per heavy atom. The van der Waals surface area contributed by atoms with Gasteiger partial charge in [-0.2, -0.15) is 0 Å². The van der Waals surface area contributed by atoms with Crippen molar-refractivity contribution in [3.63, 3.8) is 0 Å². The zero-order valence-electron chi connectivity index (χ0n) is 17.8. The third-order valence-electron chi connectivity index (χ3n) is 4.95. The Kier molecular flexibility index (Phi) is 6.23. The maximum absolute atomic E-state index is 13.5. The molecule has 1 aliphatic rings. The summed E-state index contributed by atoms with van der Waals surface area (Å²) in [5.41, 5.74) is 1.33. The Bertz CT molecular complexity index is 1150. The number of hydrogen-bond donors (Lipinski definition) is 0. The van der Waals surface area contributed by atoms with E-state index in [2.05, 4.69) is 0 Å². The number of thioether (sulfide) groups is 1. The third-order valence-corrected chi connectivity index (χ3v) is 6.05. The molecule has 32 heavy (non-hydrogen) atoms. The fraction of sp³-hybridized carbons (Fsp3) is 0.167. The van der Waals surface area contributed by atoms with Crippen molar-refractivity contribution in [3.8, 4) is 17.2 Å². The summed E-state index contributed by atoms with van der Waals surface area (Å²) in [6.45, 7) is 0. The number of hydrogen-bond acceptors (Lipinski definition) is 7. The molecule has 0 saturated carbocycles. The lowest BCUT2D eigenvalue weighted by Crippen LogP contribution is -2.31. The molecule has 0 unspecified atom stereocenters. The first-order valence-electron chi connectivity index (χ1n) is 9.71. The average Bonchev–Trinajstić information content (AvgIpc) is 3.43. The van der Waals surface area contributed by atoms with Crippen molar-refractivity contribution in [3.05, 3.63) is 77.1 Å². The van der Waals surface area contributed by atoms with Crippen LogP contribution < -0.4 is 19.1 Å². The lowest BCUT2D eigenvalue weighted by Gasteiger charge is -2.17. The van der Waals surface area contributed by atoms with Crippen LogP contribution in [0, 0.1) is 0 Å². The third kappa shape index (κ3) is 4.09. The van der Waals surface area contributed by atoms with Crippen LogP contribution in [0.4, 0.5) is 5.69 Å². The summed E-state index contributed by atoms with van der Waals surface area (Å²) in [6.07, 6.45) is 1.57. The largest absolute Gasteiger partial charge is 0.497 e. The second-order valence-corrected chi connectivity index (χ2v) is 7.80. The minimum absolute atomic E-state index is 0.330. The minimum Gasteiger partial charge on any atom is -0.497 e. The highest BCUT2D eigenvalue weighted by Gasteiger charge is 2.40. The number of carbonyl (C=O) groups excluding carboxylic acids is 2. The first-order chi connectivity index (χ1) is 15.5. The molecule has 0 saturated heterocycles. The molecule has 1 aromatic heterocycles. The molecule has 4 rings (SSSR count). The highest BCUT2D eigenvalue weighted by molar-refractivity contribution is 8.03. The number of nitrogens with zero attached hydrogens (tertiary/aromatic N) is 1. The highest BCUT2D eigenvalue weighted by atomic mass is 32.2. The number of rotatable bonds is 8. The van der Waals surface area contributed by atoms with Crippen molar-refractivity contribution in [1.82, 2.24) is 0 Å². The van der Waals surface area contributed by atoms with Crippen LogP contribution >= 0.6 is 11.8 Å². The van der Waals surface area contributed by atoms with Crippen LogP contribution in [0.25, 0.3) is 5.57 Å². The van der Waals surface area contributed by atoms with Crippen molar-refractivity contribution >= 4 is 34.8 Å². The fourth-order valence-corrected chi connectivity index (χ4v) is 4.36. The van der Waals surface area contributed by atoms with E-state index in [1.54, 1.807) is 61.9 Å². The van der Waals surface area contributed by atoms with Gasteiger partial charge in [0.2, 0.25) is 0 Å². The van der Waals surface area contributed by atoms with Gasteiger partial charge in [0.15, 0.2) is 0 Å². The molecule has 2 amide bonds. The maximum Gasteiger partial charge on any atom is 0.272 e. The van der Waals surface area contributed by atoms with Gasteiger partial charge in [-0.3, -0.25) is 9.59 Å². The quantitative estimate of drug-likeness (QED) is 0.466. The van der Waals surface area contributed by atoms with Crippen molar-refractivity contribution < 1.29 is 28.2 Å².